The van der Waals surface area contributed by atoms with Gasteiger partial charge in [-0.05, 0) is 42.5 Å². The fraction of sp³-hybridized carbons (Fsp3) is 0.167. The molecule has 0 saturated carbocycles. The minimum Gasteiger partial charge on any atom is -0.301 e. The number of benzene rings is 1. The number of carbonyl (C=O) groups excluding carboxylic acids is 1. The number of amides is 1. The van der Waals surface area contributed by atoms with E-state index in [9.17, 15) is 14.9 Å². The van der Waals surface area contributed by atoms with Gasteiger partial charge in [-0.3, -0.25) is 19.9 Å². The minimum absolute atomic E-state index is 0.0268. The number of amidine groups is 1. The second kappa shape index (κ2) is 5.66. The van der Waals surface area contributed by atoms with E-state index < -0.39 is 4.92 Å². The lowest BCUT2D eigenvalue weighted by Gasteiger charge is -1.95. The van der Waals surface area contributed by atoms with Gasteiger partial charge in [0.2, 0.25) is 0 Å². The highest BCUT2D eigenvalue weighted by atomic mass is 32.2. The summed E-state index contributed by atoms with van der Waals surface area (Å²) in [6.07, 6.45) is 1.68. The number of nitro benzene ring substituents is 1. The number of hydrogen-bond acceptors (Lipinski definition) is 5. The number of nitrogens with zero attached hydrogens (tertiary/aromatic N) is 2. The Bertz CT molecular complexity index is 578. The van der Waals surface area contributed by atoms with Crippen LogP contribution in [0, 0.1) is 10.1 Å². The smallest absolute Gasteiger partial charge is 0.269 e. The Morgan fingerprint density at radius 3 is 2.68 bits per heavy atom. The first-order valence-electron chi connectivity index (χ1n) is 5.60. The van der Waals surface area contributed by atoms with Crippen LogP contribution in [0.25, 0.3) is 6.08 Å². The number of aliphatic imine (C=N–C) groups is 1. The fourth-order valence-electron chi connectivity index (χ4n) is 1.49. The first-order chi connectivity index (χ1) is 9.10. The molecular formula is C12H11N3O3S. The van der Waals surface area contributed by atoms with Gasteiger partial charge in [0, 0.05) is 18.7 Å². The molecule has 0 bridgehead atoms. The van der Waals surface area contributed by atoms with Gasteiger partial charge in [0.05, 0.1) is 9.83 Å². The number of thioether (sulfide) groups is 1. The van der Waals surface area contributed by atoms with E-state index in [0.717, 1.165) is 5.56 Å². The third-order valence-electron chi connectivity index (χ3n) is 2.35. The van der Waals surface area contributed by atoms with Gasteiger partial charge in [-0.2, -0.15) is 0 Å². The molecule has 1 aliphatic heterocycles. The lowest BCUT2D eigenvalue weighted by molar-refractivity contribution is -0.384. The molecule has 1 aliphatic rings. The van der Waals surface area contributed by atoms with E-state index in [2.05, 4.69) is 10.3 Å². The monoisotopic (exact) mass is 277 g/mol. The molecule has 2 rings (SSSR count). The first kappa shape index (κ1) is 13.3. The second-order valence-electron chi connectivity index (χ2n) is 3.69. The van der Waals surface area contributed by atoms with Crippen LogP contribution in [-0.2, 0) is 4.79 Å². The Balaban J connectivity index is 2.20. The summed E-state index contributed by atoms with van der Waals surface area (Å²) >= 11 is 1.27. The summed E-state index contributed by atoms with van der Waals surface area (Å²) in [7, 11) is 0. The van der Waals surface area contributed by atoms with E-state index in [-0.39, 0.29) is 11.6 Å². The summed E-state index contributed by atoms with van der Waals surface area (Å²) in [5.74, 6) is -0.199. The largest absolute Gasteiger partial charge is 0.301 e. The van der Waals surface area contributed by atoms with Gasteiger partial charge in [-0.15, -0.1) is 0 Å². The molecular weight excluding hydrogens is 266 g/mol. The molecule has 0 spiro atoms. The van der Waals surface area contributed by atoms with Gasteiger partial charge in [0.1, 0.15) is 0 Å². The van der Waals surface area contributed by atoms with E-state index >= 15 is 0 Å². The Hall–Kier alpha value is -2.15. The molecule has 6 nitrogen and oxygen atoms in total. The predicted octanol–water partition coefficient (Wildman–Crippen LogP) is 2.17. The molecule has 0 aromatic heterocycles. The molecule has 1 aromatic rings. The van der Waals surface area contributed by atoms with Gasteiger partial charge in [-0.1, -0.05) is 0 Å². The molecule has 1 saturated heterocycles. The van der Waals surface area contributed by atoms with Crippen molar-refractivity contribution in [1.82, 2.24) is 5.32 Å². The topological polar surface area (TPSA) is 84.6 Å². The molecule has 0 aliphatic carbocycles. The quantitative estimate of drug-likeness (QED) is 0.521. The molecule has 0 atom stereocenters. The van der Waals surface area contributed by atoms with Gasteiger partial charge in [0.15, 0.2) is 5.17 Å². The van der Waals surface area contributed by atoms with Gasteiger partial charge in [-0.25, -0.2) is 0 Å². The van der Waals surface area contributed by atoms with Crippen molar-refractivity contribution in [3.8, 4) is 0 Å². The molecule has 1 fully saturated rings. The van der Waals surface area contributed by atoms with Crippen molar-refractivity contribution in [2.45, 2.75) is 6.92 Å². The first-order valence-corrected chi connectivity index (χ1v) is 6.41. The van der Waals surface area contributed by atoms with E-state index in [1.807, 2.05) is 6.92 Å². The molecule has 0 radical (unpaired) electrons. The summed E-state index contributed by atoms with van der Waals surface area (Å²) in [6, 6.07) is 6.03. The van der Waals surface area contributed by atoms with Crippen molar-refractivity contribution in [1.29, 1.82) is 0 Å². The molecule has 1 amide bonds. The van der Waals surface area contributed by atoms with E-state index in [1.54, 1.807) is 18.2 Å². The maximum absolute atomic E-state index is 11.6. The molecule has 19 heavy (non-hydrogen) atoms. The van der Waals surface area contributed by atoms with Crippen molar-refractivity contribution < 1.29 is 9.72 Å². The fourth-order valence-corrected chi connectivity index (χ4v) is 2.37. The van der Waals surface area contributed by atoms with Crippen LogP contribution in [0.1, 0.15) is 12.5 Å². The van der Waals surface area contributed by atoms with Crippen molar-refractivity contribution in [3.05, 3.63) is 44.8 Å². The highest BCUT2D eigenvalue weighted by molar-refractivity contribution is 8.18. The standard InChI is InChI=1S/C12H11N3O3S/c1-2-13-12-14-11(16)10(19-12)7-8-3-5-9(6-4-8)15(17)18/h3-7H,2H2,1H3,(H,13,14,16)/b10-7-. The van der Waals surface area contributed by atoms with Crippen molar-refractivity contribution in [3.63, 3.8) is 0 Å². The molecule has 98 valence electrons. The summed E-state index contributed by atoms with van der Waals surface area (Å²) in [5.41, 5.74) is 0.764. The number of nitrogens with one attached hydrogen (secondary N) is 1. The number of carbonyl (C=O) groups is 1. The summed E-state index contributed by atoms with van der Waals surface area (Å²) in [6.45, 7) is 2.49. The normalized spacial score (nSPS) is 18.9. The zero-order valence-corrected chi connectivity index (χ0v) is 10.9. The van der Waals surface area contributed by atoms with Crippen molar-refractivity contribution in [2.24, 2.45) is 4.99 Å². The Morgan fingerprint density at radius 2 is 2.11 bits per heavy atom. The molecule has 1 aromatic carbocycles. The van der Waals surface area contributed by atoms with Crippen LogP contribution in [0.15, 0.2) is 34.2 Å². The zero-order chi connectivity index (χ0) is 13.8. The average Bonchev–Trinajstić information content (AvgIpc) is 2.71. The number of non-ortho nitro benzene ring substituents is 1. The van der Waals surface area contributed by atoms with Crippen molar-refractivity contribution >= 4 is 34.6 Å². The molecule has 7 heteroatoms. The van der Waals surface area contributed by atoms with Crippen molar-refractivity contribution in [2.75, 3.05) is 6.54 Å². The van der Waals surface area contributed by atoms with Crippen LogP contribution in [-0.4, -0.2) is 22.5 Å². The summed E-state index contributed by atoms with van der Waals surface area (Å²) < 4.78 is 0. The van der Waals surface area contributed by atoms with Crippen LogP contribution in [0.5, 0.6) is 0 Å². The lowest BCUT2D eigenvalue weighted by atomic mass is 10.2. The summed E-state index contributed by atoms with van der Waals surface area (Å²) in [4.78, 5) is 26.4. The van der Waals surface area contributed by atoms with Crippen LogP contribution in [0.2, 0.25) is 0 Å². The Kier molecular flexibility index (Phi) is 3.96. The minimum atomic E-state index is -0.458. The summed E-state index contributed by atoms with van der Waals surface area (Å²) in [5, 5.41) is 13.8. The van der Waals surface area contributed by atoms with Gasteiger partial charge in [0.25, 0.3) is 11.6 Å². The molecule has 1 N–H and O–H groups in total. The van der Waals surface area contributed by atoms with Gasteiger partial charge >= 0.3 is 0 Å². The predicted molar refractivity (Wildman–Crippen MR) is 74.8 cm³/mol. The second-order valence-corrected chi connectivity index (χ2v) is 4.72. The maximum atomic E-state index is 11.6. The molecule has 0 unspecified atom stereocenters. The highest BCUT2D eigenvalue weighted by Gasteiger charge is 2.23. The van der Waals surface area contributed by atoms with E-state index in [1.165, 1.54) is 23.9 Å². The third kappa shape index (κ3) is 3.19. The number of nitro groups is 1. The van der Waals surface area contributed by atoms with E-state index in [4.69, 9.17) is 0 Å². The highest BCUT2D eigenvalue weighted by Crippen LogP contribution is 2.26. The van der Waals surface area contributed by atoms with Crippen LogP contribution >= 0.6 is 11.8 Å². The average molecular weight is 277 g/mol. The van der Waals surface area contributed by atoms with Crippen LogP contribution in [0.4, 0.5) is 5.69 Å². The SMILES string of the molecule is CCN=C1NC(=O)/C(=C/c2ccc([N+](=O)[O-])cc2)S1. The zero-order valence-electron chi connectivity index (χ0n) is 10.1. The molecule has 1 heterocycles. The number of hydrogen-bond donors (Lipinski definition) is 1. The van der Waals surface area contributed by atoms with Crippen LogP contribution in [0.3, 0.4) is 0 Å². The van der Waals surface area contributed by atoms with E-state index in [0.29, 0.717) is 16.6 Å². The van der Waals surface area contributed by atoms with Crippen LogP contribution < -0.4 is 5.32 Å². The number of rotatable bonds is 3. The Labute approximate surface area is 113 Å². The lowest BCUT2D eigenvalue weighted by Crippen LogP contribution is -2.19. The Morgan fingerprint density at radius 1 is 1.42 bits per heavy atom. The van der Waals surface area contributed by atoms with Gasteiger partial charge < -0.3 is 5.32 Å². The maximum Gasteiger partial charge on any atom is 0.269 e. The third-order valence-corrected chi connectivity index (χ3v) is 3.30.